The minimum Gasteiger partial charge on any atom is -0.496 e. The number of nitrogens with zero attached hydrogens (tertiary/aromatic N) is 1. The lowest BCUT2D eigenvalue weighted by molar-refractivity contribution is -0.384. The summed E-state index contributed by atoms with van der Waals surface area (Å²) in [6.45, 7) is -3.04. The summed E-state index contributed by atoms with van der Waals surface area (Å²) >= 11 is 5.80. The highest BCUT2D eigenvalue weighted by Crippen LogP contribution is 2.30. The molecule has 0 saturated carbocycles. The lowest BCUT2D eigenvalue weighted by Gasteiger charge is -2.11. The number of nitro groups is 1. The molecule has 0 atom stereocenters. The van der Waals surface area contributed by atoms with Crippen molar-refractivity contribution in [3.05, 3.63) is 57.1 Å². The van der Waals surface area contributed by atoms with E-state index in [1.165, 1.54) is 31.4 Å². The van der Waals surface area contributed by atoms with E-state index in [4.69, 9.17) is 16.3 Å². The van der Waals surface area contributed by atoms with E-state index in [1.807, 2.05) is 0 Å². The molecule has 0 saturated heterocycles. The number of nitro benzene ring substituents is 1. The molecule has 0 aromatic heterocycles. The first kappa shape index (κ1) is 18.4. The topological polar surface area (TPSA) is 90.7 Å². The first-order chi connectivity index (χ1) is 11.8. The zero-order valence-electron chi connectivity index (χ0n) is 12.7. The van der Waals surface area contributed by atoms with Gasteiger partial charge in [0.25, 0.3) is 11.6 Å². The Labute approximate surface area is 145 Å². The number of methoxy groups -OCH3 is 1. The van der Waals surface area contributed by atoms with E-state index in [1.54, 1.807) is 0 Å². The molecule has 2 aromatic carbocycles. The first-order valence-corrected chi connectivity index (χ1v) is 7.07. The van der Waals surface area contributed by atoms with Crippen LogP contribution in [0.25, 0.3) is 0 Å². The molecular weight excluding hydrogens is 362 g/mol. The van der Waals surface area contributed by atoms with Gasteiger partial charge in [0.15, 0.2) is 0 Å². The number of hydrogen-bond donors (Lipinski definition) is 1. The van der Waals surface area contributed by atoms with Gasteiger partial charge >= 0.3 is 6.61 Å². The number of non-ortho nitro benzene ring substituents is 1. The number of hydrogen-bond acceptors (Lipinski definition) is 5. The Bertz CT molecular complexity index is 817. The van der Waals surface area contributed by atoms with Gasteiger partial charge in [-0.25, -0.2) is 0 Å². The molecule has 7 nitrogen and oxygen atoms in total. The first-order valence-electron chi connectivity index (χ1n) is 6.70. The number of carbonyl (C=O) groups excluding carboxylic acids is 1. The van der Waals surface area contributed by atoms with Crippen molar-refractivity contribution < 1.29 is 28.0 Å². The molecule has 0 aliphatic rings. The molecule has 1 N–H and O–H groups in total. The maximum atomic E-state index is 12.3. The highest BCUT2D eigenvalue weighted by atomic mass is 35.5. The van der Waals surface area contributed by atoms with Crippen LogP contribution in [-0.4, -0.2) is 24.6 Å². The Morgan fingerprint density at radius 3 is 2.48 bits per heavy atom. The van der Waals surface area contributed by atoms with Crippen molar-refractivity contribution in [1.29, 1.82) is 0 Å². The van der Waals surface area contributed by atoms with E-state index >= 15 is 0 Å². The van der Waals surface area contributed by atoms with Crippen molar-refractivity contribution in [1.82, 2.24) is 0 Å². The van der Waals surface area contributed by atoms with Gasteiger partial charge in [0.2, 0.25) is 0 Å². The van der Waals surface area contributed by atoms with Crippen molar-refractivity contribution in [2.45, 2.75) is 6.61 Å². The van der Waals surface area contributed by atoms with Crippen LogP contribution in [0.15, 0.2) is 36.4 Å². The molecule has 1 amide bonds. The van der Waals surface area contributed by atoms with E-state index in [9.17, 15) is 23.7 Å². The third-order valence-corrected chi connectivity index (χ3v) is 3.34. The minimum absolute atomic E-state index is 0.0688. The highest BCUT2D eigenvalue weighted by molar-refractivity contribution is 6.32. The van der Waals surface area contributed by atoms with Crippen LogP contribution in [0, 0.1) is 10.1 Å². The minimum atomic E-state index is -3.04. The highest BCUT2D eigenvalue weighted by Gasteiger charge is 2.18. The number of nitrogens with one attached hydrogen (secondary N) is 1. The van der Waals surface area contributed by atoms with Crippen molar-refractivity contribution >= 4 is 28.9 Å². The molecule has 0 unspecified atom stereocenters. The zero-order valence-corrected chi connectivity index (χ0v) is 13.4. The summed E-state index contributed by atoms with van der Waals surface area (Å²) in [7, 11) is 1.31. The largest absolute Gasteiger partial charge is 0.496 e. The van der Waals surface area contributed by atoms with Crippen LogP contribution >= 0.6 is 11.6 Å². The number of ether oxygens (including phenoxy) is 2. The van der Waals surface area contributed by atoms with Crippen LogP contribution in [0.4, 0.5) is 20.2 Å². The van der Waals surface area contributed by atoms with Crippen molar-refractivity contribution in [2.24, 2.45) is 0 Å². The molecule has 0 spiro atoms. The van der Waals surface area contributed by atoms with Gasteiger partial charge in [-0.1, -0.05) is 11.6 Å². The van der Waals surface area contributed by atoms with Crippen molar-refractivity contribution in [2.75, 3.05) is 12.4 Å². The molecule has 0 aliphatic heterocycles. The summed E-state index contributed by atoms with van der Waals surface area (Å²) in [5.74, 6) is -0.811. The molecule has 10 heteroatoms. The Kier molecular flexibility index (Phi) is 5.71. The number of carbonyl (C=O) groups is 1. The van der Waals surface area contributed by atoms with Crippen LogP contribution in [0.1, 0.15) is 10.4 Å². The van der Waals surface area contributed by atoms with Gasteiger partial charge in [0.1, 0.15) is 11.5 Å². The maximum absolute atomic E-state index is 12.3. The predicted molar refractivity (Wildman–Crippen MR) is 85.7 cm³/mol. The van der Waals surface area contributed by atoms with E-state index in [-0.39, 0.29) is 33.5 Å². The molecular formula is C15H11ClF2N2O5. The third kappa shape index (κ3) is 4.54. The Morgan fingerprint density at radius 1 is 1.24 bits per heavy atom. The number of amides is 1. The van der Waals surface area contributed by atoms with Crippen LogP contribution < -0.4 is 14.8 Å². The van der Waals surface area contributed by atoms with Gasteiger partial charge in [0.05, 0.1) is 22.6 Å². The summed E-state index contributed by atoms with van der Waals surface area (Å²) in [6.07, 6.45) is 0. The van der Waals surface area contributed by atoms with Crippen molar-refractivity contribution in [3.63, 3.8) is 0 Å². The molecule has 132 valence electrons. The quantitative estimate of drug-likeness (QED) is 0.608. The van der Waals surface area contributed by atoms with E-state index < -0.39 is 17.4 Å². The lowest BCUT2D eigenvalue weighted by Crippen LogP contribution is -2.13. The summed E-state index contributed by atoms with van der Waals surface area (Å²) in [5.41, 5.74) is -0.171. The monoisotopic (exact) mass is 372 g/mol. The second-order valence-electron chi connectivity index (χ2n) is 4.62. The van der Waals surface area contributed by atoms with Crippen molar-refractivity contribution in [3.8, 4) is 11.5 Å². The van der Waals surface area contributed by atoms with E-state index in [2.05, 4.69) is 10.1 Å². The predicted octanol–water partition coefficient (Wildman–Crippen LogP) is 4.11. The second-order valence-corrected chi connectivity index (χ2v) is 5.03. The van der Waals surface area contributed by atoms with Crippen LogP contribution in [0.3, 0.4) is 0 Å². The fraction of sp³-hybridized carbons (Fsp3) is 0.133. The molecule has 0 fully saturated rings. The molecule has 0 heterocycles. The summed E-state index contributed by atoms with van der Waals surface area (Å²) in [6, 6.07) is 7.22. The Balaban J connectivity index is 2.26. The normalized spacial score (nSPS) is 10.4. The third-order valence-electron chi connectivity index (χ3n) is 3.04. The standard InChI is InChI=1S/C15H11ClF2N2O5/c1-24-12-5-3-9(20(22)23)7-10(12)14(21)19-8-2-4-13(11(16)6-8)25-15(17)18/h2-7,15H,1H3,(H,19,21). The number of alkyl halides is 2. The fourth-order valence-electron chi connectivity index (χ4n) is 1.96. The average Bonchev–Trinajstić information content (AvgIpc) is 2.56. The van der Waals surface area contributed by atoms with Gasteiger partial charge in [-0.3, -0.25) is 14.9 Å². The number of benzene rings is 2. The Morgan fingerprint density at radius 2 is 1.92 bits per heavy atom. The molecule has 25 heavy (non-hydrogen) atoms. The van der Waals surface area contributed by atoms with Crippen LogP contribution in [0.2, 0.25) is 5.02 Å². The molecule has 0 bridgehead atoms. The SMILES string of the molecule is COc1ccc([N+](=O)[O-])cc1C(=O)Nc1ccc(OC(F)F)c(Cl)c1. The molecule has 0 aliphatic carbocycles. The fourth-order valence-corrected chi connectivity index (χ4v) is 2.18. The van der Waals surface area contributed by atoms with Gasteiger partial charge in [0, 0.05) is 17.8 Å². The van der Waals surface area contributed by atoms with Gasteiger partial charge in [-0.15, -0.1) is 0 Å². The number of anilines is 1. The van der Waals surface area contributed by atoms with Crippen LogP contribution in [0.5, 0.6) is 11.5 Å². The maximum Gasteiger partial charge on any atom is 0.387 e. The lowest BCUT2D eigenvalue weighted by atomic mass is 10.1. The van der Waals surface area contributed by atoms with Crippen LogP contribution in [-0.2, 0) is 0 Å². The summed E-state index contributed by atoms with van der Waals surface area (Å²) < 4.78 is 33.6. The summed E-state index contributed by atoms with van der Waals surface area (Å²) in [5, 5.41) is 13.2. The van der Waals surface area contributed by atoms with E-state index in [0.29, 0.717) is 0 Å². The average molecular weight is 373 g/mol. The van der Waals surface area contributed by atoms with Gasteiger partial charge in [-0.2, -0.15) is 8.78 Å². The van der Waals surface area contributed by atoms with E-state index in [0.717, 1.165) is 12.1 Å². The molecule has 2 aromatic rings. The van der Waals surface area contributed by atoms with Gasteiger partial charge < -0.3 is 14.8 Å². The smallest absolute Gasteiger partial charge is 0.387 e. The molecule has 0 radical (unpaired) electrons. The molecule has 2 rings (SSSR count). The number of halogens is 3. The second kappa shape index (κ2) is 7.75. The van der Waals surface area contributed by atoms with Gasteiger partial charge in [-0.05, 0) is 24.3 Å². The zero-order chi connectivity index (χ0) is 18.6. The summed E-state index contributed by atoms with van der Waals surface area (Å²) in [4.78, 5) is 22.5. The number of rotatable bonds is 6. The Hall–Kier alpha value is -2.94.